The van der Waals surface area contributed by atoms with E-state index in [0.29, 0.717) is 18.8 Å². The summed E-state index contributed by atoms with van der Waals surface area (Å²) in [5.41, 5.74) is 2.54. The largest absolute Gasteiger partial charge is 0.342 e. The second kappa shape index (κ2) is 5.39. The number of hydrogen-bond acceptors (Lipinski definition) is 2. The lowest BCUT2D eigenvalue weighted by Crippen LogP contribution is -2.50. The van der Waals surface area contributed by atoms with Gasteiger partial charge >= 0.3 is 6.03 Å². The summed E-state index contributed by atoms with van der Waals surface area (Å²) >= 11 is 0. The molecule has 4 rings (SSSR count). The molecule has 2 heterocycles. The van der Waals surface area contributed by atoms with Crippen LogP contribution < -0.4 is 5.32 Å². The van der Waals surface area contributed by atoms with Crippen LogP contribution >= 0.6 is 0 Å². The Kier molecular flexibility index (Phi) is 3.22. The minimum absolute atomic E-state index is 0.177. The van der Waals surface area contributed by atoms with Gasteiger partial charge in [0.1, 0.15) is 11.6 Å². The van der Waals surface area contributed by atoms with Crippen LogP contribution in [0.15, 0.2) is 48.5 Å². The van der Waals surface area contributed by atoms with E-state index in [-0.39, 0.29) is 17.8 Å². The monoisotopic (exact) mass is 310 g/mol. The predicted molar refractivity (Wildman–Crippen MR) is 85.8 cm³/mol. The number of nitrogens with one attached hydrogen (secondary N) is 2. The Morgan fingerprint density at radius 3 is 2.65 bits per heavy atom. The van der Waals surface area contributed by atoms with Gasteiger partial charge in [0.25, 0.3) is 0 Å². The average Bonchev–Trinajstić information content (AvgIpc) is 2.91. The minimum Gasteiger partial charge on any atom is -0.342 e. The van der Waals surface area contributed by atoms with E-state index in [1.165, 1.54) is 12.1 Å². The number of urea groups is 1. The summed E-state index contributed by atoms with van der Waals surface area (Å²) in [7, 11) is 0. The predicted octanol–water partition coefficient (Wildman–Crippen LogP) is 3.33. The summed E-state index contributed by atoms with van der Waals surface area (Å²) in [5.74, 6) is 0.815. The summed E-state index contributed by atoms with van der Waals surface area (Å²) in [4.78, 5) is 21.7. The number of rotatable bonds is 2. The van der Waals surface area contributed by atoms with Crippen molar-refractivity contribution in [3.63, 3.8) is 0 Å². The zero-order chi connectivity index (χ0) is 15.8. The molecule has 0 spiro atoms. The van der Waals surface area contributed by atoms with E-state index < -0.39 is 0 Å². The molecule has 1 aliphatic rings. The smallest absolute Gasteiger partial charge is 0.321 e. The Bertz CT molecular complexity index is 819. The number of hydrogen-bond donors (Lipinski definition) is 2. The van der Waals surface area contributed by atoms with Gasteiger partial charge in [-0.2, -0.15) is 0 Å². The van der Waals surface area contributed by atoms with Crippen molar-refractivity contribution in [1.82, 2.24) is 14.9 Å². The second-order valence-electron chi connectivity index (χ2n) is 5.68. The van der Waals surface area contributed by atoms with Crippen molar-refractivity contribution in [2.45, 2.75) is 5.92 Å². The van der Waals surface area contributed by atoms with Gasteiger partial charge in [0.2, 0.25) is 0 Å². The number of carbonyl (C=O) groups is 1. The van der Waals surface area contributed by atoms with Crippen LogP contribution in [0.5, 0.6) is 0 Å². The van der Waals surface area contributed by atoms with E-state index >= 15 is 0 Å². The van der Waals surface area contributed by atoms with E-state index in [4.69, 9.17) is 0 Å². The lowest BCUT2D eigenvalue weighted by molar-refractivity contribution is 0.161. The highest BCUT2D eigenvalue weighted by Crippen LogP contribution is 2.27. The Labute approximate surface area is 132 Å². The van der Waals surface area contributed by atoms with Crippen molar-refractivity contribution >= 4 is 22.8 Å². The highest BCUT2D eigenvalue weighted by Gasteiger charge is 2.33. The summed E-state index contributed by atoms with van der Waals surface area (Å²) < 4.78 is 12.9. The Hall–Kier alpha value is -2.89. The van der Waals surface area contributed by atoms with Crippen molar-refractivity contribution in [3.05, 3.63) is 60.2 Å². The number of imidazole rings is 1. The first kappa shape index (κ1) is 13.8. The van der Waals surface area contributed by atoms with Gasteiger partial charge < -0.3 is 15.2 Å². The van der Waals surface area contributed by atoms with Gasteiger partial charge in [0.15, 0.2) is 0 Å². The number of para-hydroxylation sites is 2. The van der Waals surface area contributed by atoms with Crippen LogP contribution in [0, 0.1) is 5.82 Å². The lowest BCUT2D eigenvalue weighted by Gasteiger charge is -2.37. The molecule has 3 aromatic rings. The molecule has 2 N–H and O–H groups in total. The first-order chi connectivity index (χ1) is 11.2. The number of nitrogens with zero attached hydrogens (tertiary/aromatic N) is 2. The fourth-order valence-corrected chi connectivity index (χ4v) is 2.72. The van der Waals surface area contributed by atoms with E-state index in [9.17, 15) is 9.18 Å². The van der Waals surface area contributed by atoms with E-state index in [1.807, 2.05) is 24.3 Å². The van der Waals surface area contributed by atoms with Gasteiger partial charge in [-0.15, -0.1) is 0 Å². The van der Waals surface area contributed by atoms with Crippen LogP contribution in [0.25, 0.3) is 11.0 Å². The number of amides is 2. The standard InChI is InChI=1S/C17H15FN4O/c18-12-5-7-13(8-6-12)19-17(23)22-9-11(10-22)16-20-14-3-1-2-4-15(14)21-16/h1-8,11H,9-10H2,(H,19,23)(H,20,21). The maximum Gasteiger partial charge on any atom is 0.321 e. The Morgan fingerprint density at radius 2 is 1.91 bits per heavy atom. The molecule has 0 unspecified atom stereocenters. The number of aromatic amines is 1. The SMILES string of the molecule is O=C(Nc1ccc(F)cc1)N1CC(c2nc3ccccc3[nH]2)C1. The molecule has 2 aromatic carbocycles. The quantitative estimate of drug-likeness (QED) is 0.762. The number of carbonyl (C=O) groups excluding carboxylic acids is 1. The van der Waals surface area contributed by atoms with E-state index in [0.717, 1.165) is 16.9 Å². The van der Waals surface area contributed by atoms with Crippen molar-refractivity contribution < 1.29 is 9.18 Å². The molecule has 116 valence electrons. The number of halogens is 1. The first-order valence-electron chi connectivity index (χ1n) is 7.45. The molecule has 0 radical (unpaired) electrons. The summed E-state index contributed by atoms with van der Waals surface area (Å²) in [6, 6.07) is 13.4. The number of likely N-dealkylation sites (tertiary alicyclic amines) is 1. The van der Waals surface area contributed by atoms with Crippen LogP contribution in [-0.2, 0) is 0 Å². The maximum atomic E-state index is 12.9. The second-order valence-corrected chi connectivity index (χ2v) is 5.68. The van der Waals surface area contributed by atoms with Crippen LogP contribution in [0.3, 0.4) is 0 Å². The van der Waals surface area contributed by atoms with Crippen molar-refractivity contribution in [2.24, 2.45) is 0 Å². The fourth-order valence-electron chi connectivity index (χ4n) is 2.72. The first-order valence-corrected chi connectivity index (χ1v) is 7.45. The molecule has 2 amide bonds. The molecule has 0 bridgehead atoms. The topological polar surface area (TPSA) is 61.0 Å². The van der Waals surface area contributed by atoms with E-state index in [2.05, 4.69) is 15.3 Å². The average molecular weight is 310 g/mol. The molecule has 1 saturated heterocycles. The summed E-state index contributed by atoms with van der Waals surface area (Å²) in [5, 5.41) is 2.76. The van der Waals surface area contributed by atoms with Gasteiger partial charge in [-0.1, -0.05) is 12.1 Å². The van der Waals surface area contributed by atoms with Crippen LogP contribution in [0.2, 0.25) is 0 Å². The molecular weight excluding hydrogens is 295 g/mol. The third kappa shape index (κ3) is 2.63. The maximum absolute atomic E-state index is 12.9. The van der Waals surface area contributed by atoms with Crippen molar-refractivity contribution in [1.29, 1.82) is 0 Å². The normalized spacial score (nSPS) is 14.7. The fraction of sp³-hybridized carbons (Fsp3) is 0.176. The van der Waals surface area contributed by atoms with Gasteiger partial charge in [0.05, 0.1) is 17.0 Å². The van der Waals surface area contributed by atoms with Crippen LogP contribution in [0.1, 0.15) is 11.7 Å². The third-order valence-corrected chi connectivity index (χ3v) is 4.06. The third-order valence-electron chi connectivity index (χ3n) is 4.06. The van der Waals surface area contributed by atoms with Gasteiger partial charge in [-0.25, -0.2) is 14.2 Å². The van der Waals surface area contributed by atoms with Crippen LogP contribution in [-0.4, -0.2) is 34.0 Å². The molecule has 1 aliphatic heterocycles. The molecule has 0 saturated carbocycles. The zero-order valence-corrected chi connectivity index (χ0v) is 12.3. The molecule has 0 atom stereocenters. The zero-order valence-electron chi connectivity index (χ0n) is 12.3. The highest BCUT2D eigenvalue weighted by atomic mass is 19.1. The lowest BCUT2D eigenvalue weighted by atomic mass is 10.0. The Morgan fingerprint density at radius 1 is 1.17 bits per heavy atom. The molecule has 23 heavy (non-hydrogen) atoms. The van der Waals surface area contributed by atoms with Gasteiger partial charge in [0, 0.05) is 18.8 Å². The van der Waals surface area contributed by atoms with Crippen molar-refractivity contribution in [3.8, 4) is 0 Å². The highest BCUT2D eigenvalue weighted by molar-refractivity contribution is 5.90. The summed E-state index contributed by atoms with van der Waals surface area (Å²) in [6.07, 6.45) is 0. The molecule has 1 aromatic heterocycles. The molecule has 5 nitrogen and oxygen atoms in total. The summed E-state index contributed by atoms with van der Waals surface area (Å²) in [6.45, 7) is 1.24. The number of anilines is 1. The number of aromatic nitrogens is 2. The van der Waals surface area contributed by atoms with Gasteiger partial charge in [-0.3, -0.25) is 0 Å². The number of fused-ring (bicyclic) bond motifs is 1. The minimum atomic E-state index is -0.322. The molecule has 0 aliphatic carbocycles. The van der Waals surface area contributed by atoms with Crippen molar-refractivity contribution in [2.75, 3.05) is 18.4 Å². The molecule has 1 fully saturated rings. The number of benzene rings is 2. The van der Waals surface area contributed by atoms with E-state index in [1.54, 1.807) is 17.0 Å². The number of H-pyrrole nitrogens is 1. The molecule has 6 heteroatoms. The van der Waals surface area contributed by atoms with Crippen LogP contribution in [0.4, 0.5) is 14.9 Å². The molecular formula is C17H15FN4O. The Balaban J connectivity index is 1.38. The van der Waals surface area contributed by atoms with Gasteiger partial charge in [-0.05, 0) is 36.4 Å².